The van der Waals surface area contributed by atoms with Gasteiger partial charge in [-0.3, -0.25) is 4.79 Å². The number of aliphatic hydroxyl groups excluding tert-OH is 1. The van der Waals surface area contributed by atoms with E-state index >= 15 is 0 Å². The third-order valence-corrected chi connectivity index (χ3v) is 3.47. The summed E-state index contributed by atoms with van der Waals surface area (Å²) in [5.41, 5.74) is -0.149. The fourth-order valence-corrected chi connectivity index (χ4v) is 2.15. The van der Waals surface area contributed by atoms with E-state index < -0.39 is 11.7 Å². The van der Waals surface area contributed by atoms with Gasteiger partial charge in [0.2, 0.25) is 0 Å². The minimum Gasteiger partial charge on any atom is -0.505 e. The number of rotatable bonds is 4. The molecule has 0 bridgehead atoms. The molecule has 0 radical (unpaired) electrons. The minimum atomic E-state index is -0.529. The number of hydrogen-bond donors (Lipinski definition) is 2. The molecule has 0 saturated carbocycles. The number of halogens is 3. The second-order valence-electron chi connectivity index (χ2n) is 3.49. The molecule has 100 valence electrons. The standard InChI is InChI=1S/C11H12Cl3NO3/c1-2-15(3-4-16)11(18)8-9(14)6(12)5-7(13)10(8)17/h5,16-17H,2-4H2,1H3. The molecule has 0 fully saturated rings. The van der Waals surface area contributed by atoms with Gasteiger partial charge in [0.1, 0.15) is 11.3 Å². The number of phenols is 1. The number of likely N-dealkylation sites (N-methyl/N-ethyl adjacent to an activating group) is 1. The number of phenolic OH excluding ortho intramolecular Hbond substituents is 1. The molecular weight excluding hydrogens is 300 g/mol. The molecule has 1 amide bonds. The summed E-state index contributed by atoms with van der Waals surface area (Å²) in [5.74, 6) is -0.939. The van der Waals surface area contributed by atoms with Crippen LogP contribution in [0, 0.1) is 0 Å². The van der Waals surface area contributed by atoms with E-state index in [1.807, 2.05) is 0 Å². The first-order chi connectivity index (χ1) is 8.43. The number of benzene rings is 1. The van der Waals surface area contributed by atoms with Crippen molar-refractivity contribution in [2.24, 2.45) is 0 Å². The molecule has 7 heteroatoms. The number of nitrogens with zero attached hydrogens (tertiary/aromatic N) is 1. The van der Waals surface area contributed by atoms with Gasteiger partial charge in [-0.1, -0.05) is 34.8 Å². The average Bonchev–Trinajstić information content (AvgIpc) is 2.33. The van der Waals surface area contributed by atoms with Crippen molar-refractivity contribution in [3.05, 3.63) is 26.7 Å². The lowest BCUT2D eigenvalue weighted by Crippen LogP contribution is -2.33. The minimum absolute atomic E-state index is 0.0483. The number of amides is 1. The molecule has 0 aliphatic carbocycles. The maximum atomic E-state index is 12.2. The molecule has 2 N–H and O–H groups in total. The van der Waals surface area contributed by atoms with E-state index in [4.69, 9.17) is 39.9 Å². The van der Waals surface area contributed by atoms with Crippen molar-refractivity contribution in [2.75, 3.05) is 19.7 Å². The van der Waals surface area contributed by atoms with Crippen LogP contribution in [-0.2, 0) is 0 Å². The highest BCUT2D eigenvalue weighted by atomic mass is 35.5. The summed E-state index contributed by atoms with van der Waals surface area (Å²) in [6.07, 6.45) is 0. The molecule has 1 aromatic carbocycles. The van der Waals surface area contributed by atoms with Gasteiger partial charge in [-0.15, -0.1) is 0 Å². The van der Waals surface area contributed by atoms with Crippen molar-refractivity contribution >= 4 is 40.7 Å². The number of carbonyl (C=O) groups is 1. The maximum absolute atomic E-state index is 12.2. The molecule has 0 spiro atoms. The summed E-state index contributed by atoms with van der Waals surface area (Å²) in [7, 11) is 0. The van der Waals surface area contributed by atoms with E-state index in [-0.39, 0.29) is 33.8 Å². The van der Waals surface area contributed by atoms with Crippen molar-refractivity contribution in [3.63, 3.8) is 0 Å². The largest absolute Gasteiger partial charge is 0.505 e. The Balaban J connectivity index is 3.27. The number of aromatic hydroxyl groups is 1. The highest BCUT2D eigenvalue weighted by Crippen LogP contribution is 2.38. The third kappa shape index (κ3) is 3.01. The van der Waals surface area contributed by atoms with Gasteiger partial charge in [-0.25, -0.2) is 0 Å². The van der Waals surface area contributed by atoms with Crippen molar-refractivity contribution in [1.82, 2.24) is 4.90 Å². The number of carbonyl (C=O) groups excluding carboxylic acids is 1. The van der Waals surface area contributed by atoms with Crippen LogP contribution >= 0.6 is 34.8 Å². The van der Waals surface area contributed by atoms with E-state index in [1.54, 1.807) is 6.92 Å². The quantitative estimate of drug-likeness (QED) is 0.840. The fourth-order valence-electron chi connectivity index (χ4n) is 1.46. The summed E-state index contributed by atoms with van der Waals surface area (Å²) in [6.45, 7) is 2.05. The second kappa shape index (κ2) is 6.48. The van der Waals surface area contributed by atoms with Gasteiger partial charge in [0.25, 0.3) is 5.91 Å². The van der Waals surface area contributed by atoms with Crippen molar-refractivity contribution in [1.29, 1.82) is 0 Å². The summed E-state index contributed by atoms with van der Waals surface area (Å²) in [6, 6.07) is 1.26. The molecular formula is C11H12Cl3NO3. The predicted octanol–water partition coefficient (Wildman–Crippen LogP) is 2.81. The average molecular weight is 313 g/mol. The Morgan fingerprint density at radius 2 is 1.94 bits per heavy atom. The first-order valence-electron chi connectivity index (χ1n) is 5.20. The molecule has 0 aromatic heterocycles. The first kappa shape index (κ1) is 15.4. The Labute approximate surface area is 120 Å². The van der Waals surface area contributed by atoms with Gasteiger partial charge < -0.3 is 15.1 Å². The van der Waals surface area contributed by atoms with Gasteiger partial charge in [-0.05, 0) is 13.0 Å². The van der Waals surface area contributed by atoms with Crippen LogP contribution in [0.1, 0.15) is 17.3 Å². The predicted molar refractivity (Wildman–Crippen MR) is 71.8 cm³/mol. The molecule has 0 heterocycles. The van der Waals surface area contributed by atoms with E-state index in [2.05, 4.69) is 0 Å². The molecule has 18 heavy (non-hydrogen) atoms. The molecule has 0 aliphatic heterocycles. The van der Waals surface area contributed by atoms with Gasteiger partial charge in [-0.2, -0.15) is 0 Å². The number of hydrogen-bond acceptors (Lipinski definition) is 3. The van der Waals surface area contributed by atoms with Gasteiger partial charge in [0, 0.05) is 13.1 Å². The topological polar surface area (TPSA) is 60.8 Å². The normalized spacial score (nSPS) is 10.5. The van der Waals surface area contributed by atoms with Crippen LogP contribution < -0.4 is 0 Å². The summed E-state index contributed by atoms with van der Waals surface area (Å²) < 4.78 is 0. The van der Waals surface area contributed by atoms with Crippen LogP contribution in [-0.4, -0.2) is 40.7 Å². The zero-order valence-electron chi connectivity index (χ0n) is 9.58. The van der Waals surface area contributed by atoms with Gasteiger partial charge >= 0.3 is 0 Å². The lowest BCUT2D eigenvalue weighted by molar-refractivity contribution is 0.0729. The van der Waals surface area contributed by atoms with Crippen LogP contribution in [0.25, 0.3) is 0 Å². The van der Waals surface area contributed by atoms with Crippen LogP contribution in [0.3, 0.4) is 0 Å². The van der Waals surface area contributed by atoms with E-state index in [1.165, 1.54) is 11.0 Å². The van der Waals surface area contributed by atoms with Gasteiger partial charge in [0.15, 0.2) is 0 Å². The molecule has 1 aromatic rings. The zero-order chi connectivity index (χ0) is 13.9. The summed E-state index contributed by atoms with van der Waals surface area (Å²) in [4.78, 5) is 13.5. The van der Waals surface area contributed by atoms with E-state index in [0.717, 1.165) is 0 Å². The van der Waals surface area contributed by atoms with E-state index in [0.29, 0.717) is 6.54 Å². The summed E-state index contributed by atoms with van der Waals surface area (Å²) >= 11 is 17.5. The monoisotopic (exact) mass is 311 g/mol. The second-order valence-corrected chi connectivity index (χ2v) is 4.68. The zero-order valence-corrected chi connectivity index (χ0v) is 11.9. The molecule has 0 atom stereocenters. The van der Waals surface area contributed by atoms with Crippen LogP contribution in [0.2, 0.25) is 15.1 Å². The van der Waals surface area contributed by atoms with Gasteiger partial charge in [0.05, 0.1) is 21.7 Å². The lowest BCUT2D eigenvalue weighted by Gasteiger charge is -2.21. The molecule has 0 saturated heterocycles. The SMILES string of the molecule is CCN(CCO)C(=O)c1c(O)c(Cl)cc(Cl)c1Cl. The Morgan fingerprint density at radius 1 is 1.33 bits per heavy atom. The van der Waals surface area contributed by atoms with Crippen molar-refractivity contribution in [3.8, 4) is 5.75 Å². The maximum Gasteiger partial charge on any atom is 0.259 e. The molecule has 1 rings (SSSR count). The van der Waals surface area contributed by atoms with E-state index in [9.17, 15) is 9.90 Å². The summed E-state index contributed by atoms with van der Waals surface area (Å²) in [5, 5.41) is 18.7. The Hall–Kier alpha value is -0.680. The first-order valence-corrected chi connectivity index (χ1v) is 6.34. The highest BCUT2D eigenvalue weighted by Gasteiger charge is 2.24. The lowest BCUT2D eigenvalue weighted by atomic mass is 10.1. The Morgan fingerprint density at radius 3 is 2.44 bits per heavy atom. The molecule has 4 nitrogen and oxygen atoms in total. The van der Waals surface area contributed by atoms with Crippen LogP contribution in [0.5, 0.6) is 5.75 Å². The Bertz CT molecular complexity index is 439. The number of aliphatic hydroxyl groups is 1. The van der Waals surface area contributed by atoms with Crippen LogP contribution in [0.4, 0.5) is 0 Å². The highest BCUT2D eigenvalue weighted by molar-refractivity contribution is 6.45. The molecule has 0 unspecified atom stereocenters. The van der Waals surface area contributed by atoms with Crippen LogP contribution in [0.15, 0.2) is 6.07 Å². The third-order valence-electron chi connectivity index (χ3n) is 2.40. The van der Waals surface area contributed by atoms with Crippen molar-refractivity contribution in [2.45, 2.75) is 6.92 Å². The Kier molecular flexibility index (Phi) is 5.53. The van der Waals surface area contributed by atoms with Crippen molar-refractivity contribution < 1.29 is 15.0 Å². The smallest absolute Gasteiger partial charge is 0.259 e. The molecule has 0 aliphatic rings. The fraction of sp³-hybridized carbons (Fsp3) is 0.364.